The molecule has 0 aliphatic heterocycles. The van der Waals surface area contributed by atoms with Crippen molar-refractivity contribution in [3.05, 3.63) is 45.8 Å². The Hall–Kier alpha value is -2.41. The predicted molar refractivity (Wildman–Crippen MR) is 96.6 cm³/mol. The molecule has 2 heterocycles. The number of aryl methyl sites for hydroxylation is 3. The van der Waals surface area contributed by atoms with Crippen LogP contribution in [0.15, 0.2) is 35.3 Å². The highest BCUT2D eigenvalue weighted by Crippen LogP contribution is 2.17. The average molecular weight is 344 g/mol. The summed E-state index contributed by atoms with van der Waals surface area (Å²) < 4.78 is 3.45. The number of imidazole rings is 1. The maximum absolute atomic E-state index is 12.6. The number of nitrogens with one attached hydrogen (secondary N) is 1. The molecule has 1 amide bonds. The number of amides is 1. The second kappa shape index (κ2) is 7.00. The lowest BCUT2D eigenvalue weighted by Crippen LogP contribution is -2.26. The molecule has 2 aromatic heterocycles. The molecule has 0 saturated heterocycles. The van der Waals surface area contributed by atoms with Gasteiger partial charge >= 0.3 is 5.69 Å². The number of nitrogens with zero attached hydrogens (tertiary/aromatic N) is 3. The second-order valence-corrected chi connectivity index (χ2v) is 6.88. The van der Waals surface area contributed by atoms with E-state index in [1.165, 1.54) is 11.3 Å². The van der Waals surface area contributed by atoms with Crippen molar-refractivity contribution in [1.82, 2.24) is 14.1 Å². The van der Waals surface area contributed by atoms with E-state index in [4.69, 9.17) is 0 Å². The highest BCUT2D eigenvalue weighted by Gasteiger charge is 2.13. The number of benzene rings is 1. The third kappa shape index (κ3) is 3.26. The third-order valence-electron chi connectivity index (χ3n) is 3.80. The van der Waals surface area contributed by atoms with Gasteiger partial charge < -0.3 is 5.32 Å². The molecule has 3 aromatic rings. The van der Waals surface area contributed by atoms with Crippen molar-refractivity contribution in [2.24, 2.45) is 0 Å². The minimum Gasteiger partial charge on any atom is -0.302 e. The van der Waals surface area contributed by atoms with E-state index in [9.17, 15) is 9.59 Å². The quantitative estimate of drug-likeness (QED) is 0.747. The topological polar surface area (TPSA) is 68.9 Å². The Morgan fingerprint density at radius 1 is 1.21 bits per heavy atom. The van der Waals surface area contributed by atoms with Gasteiger partial charge in [0, 0.05) is 30.6 Å². The zero-order valence-corrected chi connectivity index (χ0v) is 14.6. The molecular formula is C17H20N4O2S. The monoisotopic (exact) mass is 344 g/mol. The van der Waals surface area contributed by atoms with E-state index in [1.807, 2.05) is 38.1 Å². The van der Waals surface area contributed by atoms with Crippen LogP contribution in [0.3, 0.4) is 0 Å². The fourth-order valence-corrected chi connectivity index (χ4v) is 3.42. The van der Waals surface area contributed by atoms with Gasteiger partial charge in [-0.25, -0.2) is 9.78 Å². The molecule has 0 fully saturated rings. The van der Waals surface area contributed by atoms with Crippen molar-refractivity contribution in [3.63, 3.8) is 0 Å². The highest BCUT2D eigenvalue weighted by atomic mass is 32.1. The Balaban J connectivity index is 1.78. The number of rotatable bonds is 6. The molecule has 6 nitrogen and oxygen atoms in total. The minimum absolute atomic E-state index is 0.0593. The van der Waals surface area contributed by atoms with Gasteiger partial charge in [-0.2, -0.15) is 0 Å². The molecule has 0 unspecified atom stereocenters. The summed E-state index contributed by atoms with van der Waals surface area (Å²) >= 11 is 1.44. The molecular weight excluding hydrogens is 324 g/mol. The first-order valence-corrected chi connectivity index (χ1v) is 8.82. The molecule has 7 heteroatoms. The smallest absolute Gasteiger partial charge is 0.302 e. The van der Waals surface area contributed by atoms with Crippen LogP contribution in [-0.4, -0.2) is 20.0 Å². The summed E-state index contributed by atoms with van der Waals surface area (Å²) in [6.45, 7) is 5.01. The Kier molecular flexibility index (Phi) is 4.80. The zero-order chi connectivity index (χ0) is 17.1. The fraction of sp³-hybridized carbons (Fsp3) is 0.353. The van der Waals surface area contributed by atoms with Gasteiger partial charge in [-0.1, -0.05) is 19.1 Å². The molecule has 3 rings (SSSR count). The van der Waals surface area contributed by atoms with Gasteiger partial charge in [-0.15, -0.1) is 11.3 Å². The van der Waals surface area contributed by atoms with Crippen LogP contribution < -0.4 is 11.0 Å². The van der Waals surface area contributed by atoms with Crippen molar-refractivity contribution >= 4 is 33.4 Å². The average Bonchev–Trinajstić information content (AvgIpc) is 3.08. The largest absolute Gasteiger partial charge is 0.329 e. The summed E-state index contributed by atoms with van der Waals surface area (Å²) in [4.78, 5) is 29.9. The number of fused-ring (bicyclic) bond motifs is 1. The molecule has 0 saturated carbocycles. The first kappa shape index (κ1) is 16.4. The number of para-hydroxylation sites is 2. The van der Waals surface area contributed by atoms with Gasteiger partial charge in [0.2, 0.25) is 5.91 Å². The van der Waals surface area contributed by atoms with Crippen LogP contribution in [0.1, 0.15) is 24.6 Å². The zero-order valence-electron chi connectivity index (χ0n) is 13.8. The van der Waals surface area contributed by atoms with E-state index >= 15 is 0 Å². The summed E-state index contributed by atoms with van der Waals surface area (Å²) in [5, 5.41) is 3.37. The Bertz CT molecular complexity index is 922. The van der Waals surface area contributed by atoms with Gasteiger partial charge in [0.05, 0.1) is 11.0 Å². The summed E-state index contributed by atoms with van der Waals surface area (Å²) in [7, 11) is 0. The van der Waals surface area contributed by atoms with E-state index in [-0.39, 0.29) is 18.0 Å². The number of aromatic nitrogens is 3. The SMILES string of the molecule is CCCn1c(=O)n(CCC(=O)Nc2ncc(C)s2)c2ccccc21. The summed E-state index contributed by atoms with van der Waals surface area (Å²) in [5.74, 6) is -0.136. The van der Waals surface area contributed by atoms with Crippen LogP contribution >= 0.6 is 11.3 Å². The van der Waals surface area contributed by atoms with E-state index < -0.39 is 0 Å². The molecule has 1 N–H and O–H groups in total. The molecule has 126 valence electrons. The number of hydrogen-bond donors (Lipinski definition) is 1. The van der Waals surface area contributed by atoms with Gasteiger partial charge in [-0.05, 0) is 25.5 Å². The van der Waals surface area contributed by atoms with Crippen molar-refractivity contribution in [3.8, 4) is 0 Å². The number of thiazole rings is 1. The van der Waals surface area contributed by atoms with Crippen LogP contribution in [0, 0.1) is 6.92 Å². The number of carbonyl (C=O) groups excluding carboxylic acids is 1. The molecule has 0 bridgehead atoms. The van der Waals surface area contributed by atoms with E-state index in [0.717, 1.165) is 22.3 Å². The minimum atomic E-state index is -0.136. The third-order valence-corrected chi connectivity index (χ3v) is 4.63. The maximum Gasteiger partial charge on any atom is 0.329 e. The van der Waals surface area contributed by atoms with Crippen LogP contribution in [0.25, 0.3) is 11.0 Å². The fourth-order valence-electron chi connectivity index (χ4n) is 2.74. The summed E-state index contributed by atoms with van der Waals surface area (Å²) in [6.07, 6.45) is 2.85. The summed E-state index contributed by atoms with van der Waals surface area (Å²) in [6, 6.07) is 7.70. The number of anilines is 1. The first-order valence-electron chi connectivity index (χ1n) is 8.00. The lowest BCUT2D eigenvalue weighted by Gasteiger charge is -2.03. The molecule has 0 aliphatic rings. The Morgan fingerprint density at radius 3 is 2.46 bits per heavy atom. The van der Waals surface area contributed by atoms with Gasteiger partial charge in [0.1, 0.15) is 0 Å². The van der Waals surface area contributed by atoms with Gasteiger partial charge in [0.15, 0.2) is 5.13 Å². The standard InChI is InChI=1S/C17H20N4O2S/c1-3-9-20-13-6-4-5-7-14(13)21(17(20)23)10-8-15(22)19-16-18-11-12(2)24-16/h4-7,11H,3,8-10H2,1-2H3,(H,18,19,22). The van der Waals surface area contributed by atoms with Crippen LogP contribution in [0.5, 0.6) is 0 Å². The number of hydrogen-bond acceptors (Lipinski definition) is 4. The van der Waals surface area contributed by atoms with Crippen LogP contribution in [0.4, 0.5) is 5.13 Å². The van der Waals surface area contributed by atoms with E-state index in [0.29, 0.717) is 18.2 Å². The van der Waals surface area contributed by atoms with E-state index in [1.54, 1.807) is 15.3 Å². The highest BCUT2D eigenvalue weighted by molar-refractivity contribution is 7.15. The van der Waals surface area contributed by atoms with Gasteiger partial charge in [0.25, 0.3) is 0 Å². The molecule has 0 spiro atoms. The molecule has 0 radical (unpaired) electrons. The first-order chi connectivity index (χ1) is 11.6. The maximum atomic E-state index is 12.6. The normalized spacial score (nSPS) is 11.1. The molecule has 1 aromatic carbocycles. The van der Waals surface area contributed by atoms with Gasteiger partial charge in [-0.3, -0.25) is 13.9 Å². The lowest BCUT2D eigenvalue weighted by molar-refractivity contribution is -0.116. The predicted octanol–water partition coefficient (Wildman–Crippen LogP) is 3.01. The van der Waals surface area contributed by atoms with Crippen LogP contribution in [0.2, 0.25) is 0 Å². The summed E-state index contributed by atoms with van der Waals surface area (Å²) in [5.41, 5.74) is 1.73. The van der Waals surface area contributed by atoms with E-state index in [2.05, 4.69) is 10.3 Å². The molecule has 0 aliphatic carbocycles. The molecule has 0 atom stereocenters. The Morgan fingerprint density at radius 2 is 1.88 bits per heavy atom. The van der Waals surface area contributed by atoms with Crippen molar-refractivity contribution in [2.45, 2.75) is 39.8 Å². The molecule has 24 heavy (non-hydrogen) atoms. The van der Waals surface area contributed by atoms with Crippen molar-refractivity contribution in [2.75, 3.05) is 5.32 Å². The second-order valence-electron chi connectivity index (χ2n) is 5.65. The van der Waals surface area contributed by atoms with Crippen LogP contribution in [-0.2, 0) is 17.9 Å². The lowest BCUT2D eigenvalue weighted by atomic mass is 10.3. The van der Waals surface area contributed by atoms with Crippen molar-refractivity contribution in [1.29, 1.82) is 0 Å². The number of carbonyl (C=O) groups is 1. The van der Waals surface area contributed by atoms with Crippen molar-refractivity contribution < 1.29 is 4.79 Å². The Labute approximate surface area is 143 Å².